The van der Waals surface area contributed by atoms with Crippen LogP contribution in [0.2, 0.25) is 0 Å². The molecule has 3 unspecified atom stereocenters. The number of carbonyl (C=O) groups excluding carboxylic acids is 2. The number of nitrogens with one attached hydrogen (secondary N) is 4. The van der Waals surface area contributed by atoms with Gasteiger partial charge in [-0.15, -0.1) is 0 Å². The van der Waals surface area contributed by atoms with E-state index in [2.05, 4.69) is 43.2 Å². The maximum Gasteiger partial charge on any atom is 0.421 e. The number of nitrogens with zero attached hydrogens (tertiary/aromatic N) is 3. The second-order valence-corrected chi connectivity index (χ2v) is 11.1. The van der Waals surface area contributed by atoms with Gasteiger partial charge in [-0.1, -0.05) is 20.3 Å². The van der Waals surface area contributed by atoms with Gasteiger partial charge < -0.3 is 26.2 Å². The van der Waals surface area contributed by atoms with Crippen LogP contribution >= 0.6 is 0 Å². The maximum absolute atomic E-state index is 13.8. The van der Waals surface area contributed by atoms with E-state index in [0.29, 0.717) is 36.6 Å². The molecule has 1 saturated heterocycles. The normalized spacial score (nSPS) is 20.8. The Morgan fingerprint density at radius 3 is 2.43 bits per heavy atom. The van der Waals surface area contributed by atoms with Gasteiger partial charge in [0.05, 0.1) is 5.92 Å². The van der Waals surface area contributed by atoms with Crippen molar-refractivity contribution < 1.29 is 22.8 Å². The number of alkyl halides is 3. The highest BCUT2D eigenvalue weighted by molar-refractivity contribution is 5.94. The van der Waals surface area contributed by atoms with Crippen LogP contribution in [0.15, 0.2) is 30.5 Å². The van der Waals surface area contributed by atoms with Crippen molar-refractivity contribution in [2.45, 2.75) is 78.1 Å². The van der Waals surface area contributed by atoms with E-state index < -0.39 is 23.7 Å². The molecule has 2 heterocycles. The van der Waals surface area contributed by atoms with Gasteiger partial charge in [0.15, 0.2) is 0 Å². The average Bonchev–Trinajstić information content (AvgIpc) is 3.41. The quantitative estimate of drug-likeness (QED) is 0.307. The summed E-state index contributed by atoms with van der Waals surface area (Å²) in [5.41, 5.74) is 0.00715. The number of piperidine rings is 1. The molecule has 3 atom stereocenters. The molecule has 42 heavy (non-hydrogen) atoms. The van der Waals surface area contributed by atoms with Gasteiger partial charge in [0.2, 0.25) is 11.9 Å². The van der Waals surface area contributed by atoms with Crippen LogP contribution in [0.25, 0.3) is 0 Å². The van der Waals surface area contributed by atoms with Crippen LogP contribution in [0.5, 0.6) is 0 Å². The molecular weight excluding hydrogens is 547 g/mol. The maximum atomic E-state index is 13.8. The van der Waals surface area contributed by atoms with E-state index in [1.54, 1.807) is 24.3 Å². The molecule has 1 saturated carbocycles. The summed E-state index contributed by atoms with van der Waals surface area (Å²) < 4.78 is 41.3. The Morgan fingerprint density at radius 2 is 1.79 bits per heavy atom. The molecule has 0 spiro atoms. The highest BCUT2D eigenvalue weighted by Gasteiger charge is 2.39. The van der Waals surface area contributed by atoms with Crippen LogP contribution in [0.4, 0.5) is 30.6 Å². The Bertz CT molecular complexity index is 1170. The fourth-order valence-electron chi connectivity index (χ4n) is 5.39. The minimum Gasteiger partial charge on any atom is -0.366 e. The minimum absolute atomic E-state index is 0.0321. The zero-order valence-corrected chi connectivity index (χ0v) is 25.1. The lowest BCUT2D eigenvalue weighted by Gasteiger charge is -2.29. The molecule has 1 aromatic carbocycles. The molecule has 1 aliphatic heterocycles. The smallest absolute Gasteiger partial charge is 0.366 e. The lowest BCUT2D eigenvalue weighted by atomic mass is 9.98. The van der Waals surface area contributed by atoms with E-state index in [4.69, 9.17) is 0 Å². The number of halogens is 3. The van der Waals surface area contributed by atoms with E-state index in [0.717, 1.165) is 38.5 Å². The number of hydrogen-bond acceptors (Lipinski definition) is 7. The van der Waals surface area contributed by atoms with Crippen LogP contribution < -0.4 is 21.3 Å². The molecule has 1 aliphatic carbocycles. The first-order chi connectivity index (χ1) is 20.0. The van der Waals surface area contributed by atoms with Gasteiger partial charge in [0.25, 0.3) is 5.91 Å². The largest absolute Gasteiger partial charge is 0.421 e. The van der Waals surface area contributed by atoms with E-state index in [1.165, 1.54) is 0 Å². The van der Waals surface area contributed by atoms with Gasteiger partial charge in [0.1, 0.15) is 11.4 Å². The molecular formula is C30H44F3N7O2. The summed E-state index contributed by atoms with van der Waals surface area (Å²) in [4.78, 5) is 35.5. The fraction of sp³-hybridized carbons (Fsp3) is 0.600. The second kappa shape index (κ2) is 15.2. The van der Waals surface area contributed by atoms with Crippen LogP contribution in [-0.4, -0.2) is 65.4 Å². The molecule has 4 rings (SSSR count). The molecule has 0 radical (unpaired) electrons. The SMILES string of the molecule is CC.CC(C)NC(=O)C1CCCC1Nc1nc(Nc2ccc(C(=O)NCC3CCCN(C)C3)cc2)ncc1C(F)(F)F. The molecule has 9 nitrogen and oxygen atoms in total. The third-order valence-electron chi connectivity index (χ3n) is 7.38. The van der Waals surface area contributed by atoms with Crippen molar-refractivity contribution in [2.24, 2.45) is 11.8 Å². The van der Waals surface area contributed by atoms with Crippen LogP contribution in [0.1, 0.15) is 75.7 Å². The summed E-state index contributed by atoms with van der Waals surface area (Å²) in [6.07, 6.45) is 0.145. The molecule has 2 amide bonds. The fourth-order valence-corrected chi connectivity index (χ4v) is 5.39. The summed E-state index contributed by atoms with van der Waals surface area (Å²) in [5.74, 6) is -0.787. The van der Waals surface area contributed by atoms with Crippen LogP contribution in [-0.2, 0) is 11.0 Å². The number of amides is 2. The summed E-state index contributed by atoms with van der Waals surface area (Å²) in [6.45, 7) is 10.3. The number of likely N-dealkylation sites (tertiary alicyclic amines) is 1. The van der Waals surface area contributed by atoms with Crippen LogP contribution in [0.3, 0.4) is 0 Å². The van der Waals surface area contributed by atoms with Crippen molar-refractivity contribution in [1.29, 1.82) is 0 Å². The van der Waals surface area contributed by atoms with Crippen molar-refractivity contribution in [2.75, 3.05) is 37.3 Å². The number of hydrogen-bond donors (Lipinski definition) is 4. The van der Waals surface area contributed by atoms with Crippen molar-refractivity contribution in [3.63, 3.8) is 0 Å². The van der Waals surface area contributed by atoms with Crippen molar-refractivity contribution >= 4 is 29.3 Å². The molecule has 2 aromatic rings. The van der Waals surface area contributed by atoms with Gasteiger partial charge in [-0.25, -0.2) is 4.98 Å². The van der Waals surface area contributed by atoms with Gasteiger partial charge in [-0.05, 0) is 83.3 Å². The van der Waals surface area contributed by atoms with E-state index in [-0.39, 0.29) is 29.6 Å². The predicted octanol–water partition coefficient (Wildman–Crippen LogP) is 5.44. The van der Waals surface area contributed by atoms with E-state index >= 15 is 0 Å². The monoisotopic (exact) mass is 591 g/mol. The summed E-state index contributed by atoms with van der Waals surface area (Å²) in [7, 11) is 2.08. The summed E-state index contributed by atoms with van der Waals surface area (Å²) in [6, 6.07) is 6.05. The van der Waals surface area contributed by atoms with E-state index in [1.807, 2.05) is 27.7 Å². The highest BCUT2D eigenvalue weighted by atomic mass is 19.4. The number of carbonyl (C=O) groups is 2. The van der Waals surface area contributed by atoms with Crippen LogP contribution in [0, 0.1) is 11.8 Å². The Hall–Kier alpha value is -3.41. The van der Waals surface area contributed by atoms with Gasteiger partial charge >= 0.3 is 6.18 Å². The third kappa shape index (κ3) is 9.30. The molecule has 1 aromatic heterocycles. The zero-order chi connectivity index (χ0) is 30.9. The summed E-state index contributed by atoms with van der Waals surface area (Å²) >= 11 is 0. The predicted molar refractivity (Wildman–Crippen MR) is 159 cm³/mol. The molecule has 2 aliphatic rings. The lowest BCUT2D eigenvalue weighted by Crippen LogP contribution is -2.41. The molecule has 0 bridgehead atoms. The Morgan fingerprint density at radius 1 is 1.07 bits per heavy atom. The average molecular weight is 592 g/mol. The topological polar surface area (TPSA) is 111 Å². The van der Waals surface area contributed by atoms with Gasteiger partial charge in [-0.3, -0.25) is 9.59 Å². The molecule has 12 heteroatoms. The highest BCUT2D eigenvalue weighted by Crippen LogP contribution is 2.36. The van der Waals surface area contributed by atoms with E-state index in [9.17, 15) is 22.8 Å². The Kier molecular flexibility index (Phi) is 12.0. The third-order valence-corrected chi connectivity index (χ3v) is 7.38. The second-order valence-electron chi connectivity index (χ2n) is 11.1. The zero-order valence-electron chi connectivity index (χ0n) is 25.1. The Balaban J connectivity index is 0.00000237. The Labute approximate surface area is 246 Å². The van der Waals surface area contributed by atoms with Gasteiger partial charge in [0, 0.05) is 42.6 Å². The van der Waals surface area contributed by atoms with Crippen molar-refractivity contribution in [3.05, 3.63) is 41.6 Å². The first kappa shape index (κ1) is 33.1. The number of benzene rings is 1. The van der Waals surface area contributed by atoms with Gasteiger partial charge in [-0.2, -0.15) is 18.2 Å². The van der Waals surface area contributed by atoms with Crippen molar-refractivity contribution in [3.8, 4) is 0 Å². The number of aromatic nitrogens is 2. The first-order valence-electron chi connectivity index (χ1n) is 14.8. The number of rotatable bonds is 9. The van der Waals surface area contributed by atoms with Crippen molar-refractivity contribution in [1.82, 2.24) is 25.5 Å². The molecule has 232 valence electrons. The summed E-state index contributed by atoms with van der Waals surface area (Å²) in [5, 5.41) is 11.6. The standard InChI is InChI=1S/C28H38F3N7O2.C2H6/c1-17(2)34-26(40)21-7-4-8-23(21)36-24-22(28(29,30)31)15-33-27(37-24)35-20-11-9-19(10-12-20)25(39)32-14-18-6-5-13-38(3)16-18;1-2/h9-12,15,17-18,21,23H,4-8,13-14,16H2,1-3H3,(H,32,39)(H,34,40)(H2,33,35,36,37);1-2H3. The molecule has 4 N–H and O–H groups in total. The molecule has 2 fully saturated rings. The first-order valence-corrected chi connectivity index (χ1v) is 14.8. The number of anilines is 3. The lowest BCUT2D eigenvalue weighted by molar-refractivity contribution is -0.137. The minimum atomic E-state index is -4.67.